The first kappa shape index (κ1) is 15.6. The van der Waals surface area contributed by atoms with E-state index in [4.69, 9.17) is 0 Å². The monoisotopic (exact) mass is 349 g/mol. The first-order valence-corrected chi connectivity index (χ1v) is 9.07. The number of rotatable bonds is 2. The molecular weight excluding hydrogens is 330 g/mol. The van der Waals surface area contributed by atoms with E-state index in [1.807, 2.05) is 18.3 Å². The summed E-state index contributed by atoms with van der Waals surface area (Å²) in [5, 5.41) is 0. The van der Waals surface area contributed by atoms with Gasteiger partial charge in [0.25, 0.3) is 0 Å². The molecule has 0 spiro atoms. The molecule has 0 atom stereocenters. The number of para-hydroxylation sites is 4. The van der Waals surface area contributed by atoms with E-state index in [-0.39, 0.29) is 0 Å². The van der Waals surface area contributed by atoms with Crippen molar-refractivity contribution in [2.45, 2.75) is 0 Å². The summed E-state index contributed by atoms with van der Waals surface area (Å²) in [6, 6.07) is 31.5. The SMILES string of the molecule is CN1c2ccccc2N(c2ccccc2)c2cccc(-c3ccccn3)c21. The van der Waals surface area contributed by atoms with Crippen LogP contribution >= 0.6 is 0 Å². The van der Waals surface area contributed by atoms with E-state index in [1.165, 1.54) is 17.1 Å². The van der Waals surface area contributed by atoms with Crippen molar-refractivity contribution in [2.24, 2.45) is 0 Å². The fraction of sp³-hybridized carbons (Fsp3) is 0.0417. The second-order valence-electron chi connectivity index (χ2n) is 6.61. The van der Waals surface area contributed by atoms with Gasteiger partial charge in [0.05, 0.1) is 28.4 Å². The highest BCUT2D eigenvalue weighted by Crippen LogP contribution is 2.53. The Kier molecular flexibility index (Phi) is 3.65. The number of pyridine rings is 1. The molecule has 1 aliphatic rings. The van der Waals surface area contributed by atoms with E-state index in [0.717, 1.165) is 22.6 Å². The number of hydrogen-bond donors (Lipinski definition) is 0. The second-order valence-corrected chi connectivity index (χ2v) is 6.61. The van der Waals surface area contributed by atoms with Crippen molar-refractivity contribution in [3.05, 3.63) is 97.2 Å². The van der Waals surface area contributed by atoms with Crippen molar-refractivity contribution in [3.63, 3.8) is 0 Å². The van der Waals surface area contributed by atoms with E-state index in [9.17, 15) is 0 Å². The van der Waals surface area contributed by atoms with Gasteiger partial charge in [-0.3, -0.25) is 4.98 Å². The Morgan fingerprint density at radius 3 is 2.11 bits per heavy atom. The van der Waals surface area contributed by atoms with Crippen LogP contribution in [0.1, 0.15) is 0 Å². The number of nitrogens with zero attached hydrogens (tertiary/aromatic N) is 3. The van der Waals surface area contributed by atoms with Crippen LogP contribution in [0.15, 0.2) is 97.2 Å². The highest BCUT2D eigenvalue weighted by Gasteiger charge is 2.29. The largest absolute Gasteiger partial charge is 0.341 e. The summed E-state index contributed by atoms with van der Waals surface area (Å²) in [7, 11) is 2.13. The maximum absolute atomic E-state index is 4.60. The molecule has 3 heteroatoms. The predicted molar refractivity (Wildman–Crippen MR) is 112 cm³/mol. The average Bonchev–Trinajstić information content (AvgIpc) is 2.75. The van der Waals surface area contributed by atoms with Crippen LogP contribution in [0, 0.1) is 0 Å². The summed E-state index contributed by atoms with van der Waals surface area (Å²) in [5.74, 6) is 0. The van der Waals surface area contributed by atoms with Gasteiger partial charge >= 0.3 is 0 Å². The molecular formula is C24H19N3. The molecule has 1 aliphatic heterocycles. The molecule has 0 radical (unpaired) electrons. The molecule has 3 aromatic carbocycles. The molecule has 0 amide bonds. The van der Waals surface area contributed by atoms with Gasteiger partial charge < -0.3 is 9.80 Å². The van der Waals surface area contributed by atoms with Crippen molar-refractivity contribution in [3.8, 4) is 11.3 Å². The summed E-state index contributed by atoms with van der Waals surface area (Å²) in [4.78, 5) is 9.20. The third-order valence-corrected chi connectivity index (χ3v) is 5.03. The van der Waals surface area contributed by atoms with Crippen LogP contribution < -0.4 is 9.80 Å². The van der Waals surface area contributed by atoms with Crippen molar-refractivity contribution >= 4 is 28.4 Å². The maximum Gasteiger partial charge on any atom is 0.0749 e. The fourth-order valence-electron chi connectivity index (χ4n) is 3.84. The standard InChI is InChI=1S/C24H19N3/c1-26-21-14-5-6-15-22(21)27(18-10-3-2-4-11-18)23-16-9-12-19(24(23)26)20-13-7-8-17-25-20/h2-17H,1H3. The van der Waals surface area contributed by atoms with Crippen molar-refractivity contribution < 1.29 is 0 Å². The average molecular weight is 349 g/mol. The van der Waals surface area contributed by atoms with Gasteiger partial charge in [-0.05, 0) is 42.5 Å². The van der Waals surface area contributed by atoms with Crippen molar-refractivity contribution in [1.82, 2.24) is 4.98 Å². The molecule has 130 valence electrons. The zero-order chi connectivity index (χ0) is 18.2. The van der Waals surface area contributed by atoms with Crippen molar-refractivity contribution in [2.75, 3.05) is 16.8 Å². The van der Waals surface area contributed by atoms with Gasteiger partial charge in [0, 0.05) is 24.5 Å². The van der Waals surface area contributed by atoms with E-state index in [2.05, 4.69) is 101 Å². The van der Waals surface area contributed by atoms with Gasteiger partial charge in [0.1, 0.15) is 0 Å². The molecule has 0 saturated heterocycles. The van der Waals surface area contributed by atoms with Crippen LogP contribution in [0.25, 0.3) is 11.3 Å². The molecule has 5 rings (SSSR count). The second kappa shape index (κ2) is 6.29. The zero-order valence-electron chi connectivity index (χ0n) is 15.1. The van der Waals surface area contributed by atoms with Crippen LogP contribution in [-0.4, -0.2) is 12.0 Å². The molecule has 0 bridgehead atoms. The number of hydrogen-bond acceptors (Lipinski definition) is 3. The van der Waals surface area contributed by atoms with Gasteiger partial charge in [-0.1, -0.05) is 48.5 Å². The molecule has 2 heterocycles. The first-order valence-electron chi connectivity index (χ1n) is 9.07. The maximum atomic E-state index is 4.60. The normalized spacial score (nSPS) is 12.5. The molecule has 27 heavy (non-hydrogen) atoms. The van der Waals surface area contributed by atoms with Crippen molar-refractivity contribution in [1.29, 1.82) is 0 Å². The van der Waals surface area contributed by atoms with Gasteiger partial charge in [0.15, 0.2) is 0 Å². The topological polar surface area (TPSA) is 19.4 Å². The molecule has 0 aliphatic carbocycles. The summed E-state index contributed by atoms with van der Waals surface area (Å²) in [6.07, 6.45) is 1.85. The lowest BCUT2D eigenvalue weighted by Crippen LogP contribution is -2.24. The minimum atomic E-state index is 0.980. The van der Waals surface area contributed by atoms with Gasteiger partial charge in [-0.15, -0.1) is 0 Å². The fourth-order valence-corrected chi connectivity index (χ4v) is 3.84. The van der Waals surface area contributed by atoms with Crippen LogP contribution in [0.2, 0.25) is 0 Å². The number of benzene rings is 3. The Hall–Kier alpha value is -3.59. The van der Waals surface area contributed by atoms with E-state index >= 15 is 0 Å². The molecule has 0 unspecified atom stereocenters. The Morgan fingerprint density at radius 1 is 0.630 bits per heavy atom. The Labute approximate surface area is 159 Å². The van der Waals surface area contributed by atoms with E-state index in [1.54, 1.807) is 0 Å². The number of anilines is 5. The summed E-state index contributed by atoms with van der Waals surface area (Å²) in [6.45, 7) is 0. The Morgan fingerprint density at radius 2 is 1.33 bits per heavy atom. The van der Waals surface area contributed by atoms with Crippen LogP contribution in [0.4, 0.5) is 28.4 Å². The predicted octanol–water partition coefficient (Wildman–Crippen LogP) is 6.30. The first-order chi connectivity index (χ1) is 13.3. The lowest BCUT2D eigenvalue weighted by Gasteiger charge is -2.39. The van der Waals surface area contributed by atoms with Gasteiger partial charge in [-0.2, -0.15) is 0 Å². The highest BCUT2D eigenvalue weighted by atomic mass is 15.3. The molecule has 0 N–H and O–H groups in total. The van der Waals surface area contributed by atoms with Crippen LogP contribution in [0.5, 0.6) is 0 Å². The molecule has 0 fully saturated rings. The van der Waals surface area contributed by atoms with Gasteiger partial charge in [-0.25, -0.2) is 0 Å². The minimum absolute atomic E-state index is 0.980. The Bertz CT molecular complexity index is 1090. The molecule has 4 aromatic rings. The quantitative estimate of drug-likeness (QED) is 0.423. The van der Waals surface area contributed by atoms with Crippen LogP contribution in [-0.2, 0) is 0 Å². The summed E-state index contributed by atoms with van der Waals surface area (Å²) >= 11 is 0. The lowest BCUT2D eigenvalue weighted by molar-refractivity contribution is 1.12. The third-order valence-electron chi connectivity index (χ3n) is 5.03. The summed E-state index contributed by atoms with van der Waals surface area (Å²) < 4.78 is 0. The third kappa shape index (κ3) is 2.48. The molecule has 3 nitrogen and oxygen atoms in total. The smallest absolute Gasteiger partial charge is 0.0749 e. The minimum Gasteiger partial charge on any atom is -0.341 e. The lowest BCUT2D eigenvalue weighted by atomic mass is 10.0. The number of fused-ring (bicyclic) bond motifs is 2. The van der Waals surface area contributed by atoms with Crippen LogP contribution in [0.3, 0.4) is 0 Å². The highest BCUT2D eigenvalue weighted by molar-refractivity contribution is 6.02. The Balaban J connectivity index is 1.81. The number of aromatic nitrogens is 1. The molecule has 0 saturated carbocycles. The van der Waals surface area contributed by atoms with Gasteiger partial charge in [0.2, 0.25) is 0 Å². The van der Waals surface area contributed by atoms with E-state index < -0.39 is 0 Å². The van der Waals surface area contributed by atoms with E-state index in [0.29, 0.717) is 0 Å². The summed E-state index contributed by atoms with van der Waals surface area (Å²) in [5.41, 5.74) is 7.94. The molecule has 1 aromatic heterocycles. The zero-order valence-corrected chi connectivity index (χ0v) is 15.1.